The van der Waals surface area contributed by atoms with E-state index in [1.807, 2.05) is 24.3 Å². The molecule has 0 spiro atoms. The highest BCUT2D eigenvalue weighted by Gasteiger charge is 2.29. The largest absolute Gasteiger partial charge is 0.452 e. The Hall–Kier alpha value is -2.57. The van der Waals surface area contributed by atoms with E-state index in [1.165, 1.54) is 27.8 Å². The lowest BCUT2D eigenvalue weighted by Crippen LogP contribution is -2.40. The van der Waals surface area contributed by atoms with Crippen molar-refractivity contribution in [3.63, 3.8) is 0 Å². The second kappa shape index (κ2) is 9.51. The number of hydrogen-bond donors (Lipinski definition) is 1. The van der Waals surface area contributed by atoms with E-state index in [-0.39, 0.29) is 41.8 Å². The maximum atomic E-state index is 12.9. The summed E-state index contributed by atoms with van der Waals surface area (Å²) in [6.07, 6.45) is 0. The number of amides is 1. The normalized spacial score (nSPS) is 14.9. The summed E-state index contributed by atoms with van der Waals surface area (Å²) in [5, 5.41) is 2.96. The fraction of sp³-hybridized carbons (Fsp3) is 0.250. The zero-order valence-corrected chi connectivity index (χ0v) is 19.0. The van der Waals surface area contributed by atoms with Gasteiger partial charge in [-0.05, 0) is 30.3 Å². The van der Waals surface area contributed by atoms with Gasteiger partial charge in [-0.2, -0.15) is 4.31 Å². The molecule has 3 aromatic rings. The summed E-state index contributed by atoms with van der Waals surface area (Å²) in [4.78, 5) is 28.7. The SMILES string of the molecule is O=C(COC(=O)c1ccc(Cl)c(S(=O)(=O)N2CCOCC2)c1)Nc1nc2ccccc2s1. The highest BCUT2D eigenvalue weighted by Crippen LogP contribution is 2.27. The Balaban J connectivity index is 1.41. The zero-order valence-electron chi connectivity index (χ0n) is 16.6. The first-order chi connectivity index (χ1) is 15.3. The van der Waals surface area contributed by atoms with Crippen molar-refractivity contribution >= 4 is 60.2 Å². The minimum Gasteiger partial charge on any atom is -0.452 e. The number of nitrogens with zero attached hydrogens (tertiary/aromatic N) is 2. The number of nitrogens with one attached hydrogen (secondary N) is 1. The van der Waals surface area contributed by atoms with Crippen LogP contribution in [0.4, 0.5) is 5.13 Å². The number of thiazole rings is 1. The third-order valence-electron chi connectivity index (χ3n) is 4.63. The number of halogens is 1. The molecule has 0 bridgehead atoms. The molecule has 1 aliphatic heterocycles. The van der Waals surface area contributed by atoms with Crippen molar-refractivity contribution in [3.05, 3.63) is 53.1 Å². The number of aromatic nitrogens is 1. The van der Waals surface area contributed by atoms with Crippen LogP contribution in [0.5, 0.6) is 0 Å². The number of morpholine rings is 1. The van der Waals surface area contributed by atoms with Gasteiger partial charge in [0.05, 0.1) is 34.0 Å². The number of para-hydroxylation sites is 1. The number of rotatable bonds is 6. The standard InChI is InChI=1S/C20H18ClN3O6S2/c21-14-6-5-13(11-17(14)32(27,28)24-7-9-29-10-8-24)19(26)30-12-18(25)23-20-22-15-3-1-2-4-16(15)31-20/h1-6,11H,7-10,12H2,(H,22,23,25). The number of ether oxygens (including phenoxy) is 2. The van der Waals surface area contributed by atoms with E-state index in [4.69, 9.17) is 21.1 Å². The molecule has 0 atom stereocenters. The third-order valence-corrected chi connectivity index (χ3v) is 7.96. The monoisotopic (exact) mass is 495 g/mol. The summed E-state index contributed by atoms with van der Waals surface area (Å²) in [7, 11) is -3.91. The molecule has 168 valence electrons. The van der Waals surface area contributed by atoms with Crippen LogP contribution >= 0.6 is 22.9 Å². The third kappa shape index (κ3) is 4.92. The van der Waals surface area contributed by atoms with Crippen molar-refractivity contribution in [1.29, 1.82) is 0 Å². The lowest BCUT2D eigenvalue weighted by atomic mass is 10.2. The second-order valence-electron chi connectivity index (χ2n) is 6.77. The molecule has 1 saturated heterocycles. The van der Waals surface area contributed by atoms with Crippen LogP contribution in [0.15, 0.2) is 47.4 Å². The highest BCUT2D eigenvalue weighted by molar-refractivity contribution is 7.89. The molecule has 2 aromatic carbocycles. The van der Waals surface area contributed by atoms with Crippen LogP contribution in [0.1, 0.15) is 10.4 Å². The van der Waals surface area contributed by atoms with Crippen LogP contribution in [0.3, 0.4) is 0 Å². The Labute approximate surface area is 193 Å². The number of carbonyl (C=O) groups is 2. The molecule has 1 N–H and O–H groups in total. The maximum Gasteiger partial charge on any atom is 0.338 e. The van der Waals surface area contributed by atoms with Crippen molar-refractivity contribution in [2.24, 2.45) is 0 Å². The molecule has 12 heteroatoms. The Morgan fingerprint density at radius 1 is 1.19 bits per heavy atom. The van der Waals surface area contributed by atoms with Crippen LogP contribution in [0.2, 0.25) is 5.02 Å². The Bertz CT molecular complexity index is 1240. The molecular weight excluding hydrogens is 478 g/mol. The Morgan fingerprint density at radius 3 is 2.69 bits per heavy atom. The summed E-state index contributed by atoms with van der Waals surface area (Å²) in [6.45, 7) is 0.395. The van der Waals surface area contributed by atoms with E-state index in [0.29, 0.717) is 5.13 Å². The van der Waals surface area contributed by atoms with Crippen LogP contribution in [0.25, 0.3) is 10.2 Å². The van der Waals surface area contributed by atoms with Gasteiger partial charge >= 0.3 is 5.97 Å². The molecule has 0 unspecified atom stereocenters. The van der Waals surface area contributed by atoms with E-state index in [0.717, 1.165) is 16.3 Å². The summed E-state index contributed by atoms with van der Waals surface area (Å²) in [5.41, 5.74) is 0.717. The molecule has 32 heavy (non-hydrogen) atoms. The first kappa shape index (κ1) is 22.6. The average Bonchev–Trinajstić information content (AvgIpc) is 3.20. The van der Waals surface area contributed by atoms with E-state index < -0.39 is 28.5 Å². The number of sulfonamides is 1. The Morgan fingerprint density at radius 2 is 1.94 bits per heavy atom. The minimum atomic E-state index is -3.91. The topological polar surface area (TPSA) is 115 Å². The van der Waals surface area contributed by atoms with Crippen LogP contribution in [0, 0.1) is 0 Å². The van der Waals surface area contributed by atoms with E-state index in [9.17, 15) is 18.0 Å². The number of esters is 1. The second-order valence-corrected chi connectivity index (χ2v) is 10.1. The van der Waals surface area contributed by atoms with Gasteiger partial charge in [-0.15, -0.1) is 0 Å². The number of benzene rings is 2. The van der Waals surface area contributed by atoms with Crippen LogP contribution < -0.4 is 5.32 Å². The Kier molecular flexibility index (Phi) is 6.72. The van der Waals surface area contributed by atoms with Gasteiger partial charge in [0.25, 0.3) is 5.91 Å². The van der Waals surface area contributed by atoms with Crippen LogP contribution in [-0.2, 0) is 24.3 Å². The lowest BCUT2D eigenvalue weighted by molar-refractivity contribution is -0.119. The molecule has 9 nitrogen and oxygen atoms in total. The predicted octanol–water partition coefficient (Wildman–Crippen LogP) is 2.77. The molecule has 0 aliphatic carbocycles. The molecule has 2 heterocycles. The quantitative estimate of drug-likeness (QED) is 0.523. The number of anilines is 1. The highest BCUT2D eigenvalue weighted by atomic mass is 35.5. The van der Waals surface area contributed by atoms with Gasteiger partial charge < -0.3 is 9.47 Å². The average molecular weight is 496 g/mol. The van der Waals surface area contributed by atoms with E-state index >= 15 is 0 Å². The van der Waals surface area contributed by atoms with Crippen molar-refractivity contribution in [2.75, 3.05) is 38.2 Å². The summed E-state index contributed by atoms with van der Waals surface area (Å²) in [5.74, 6) is -1.41. The summed E-state index contributed by atoms with van der Waals surface area (Å²) >= 11 is 7.39. The van der Waals surface area contributed by atoms with Gasteiger partial charge in [-0.1, -0.05) is 35.1 Å². The zero-order chi connectivity index (χ0) is 22.7. The molecular formula is C20H18ClN3O6S2. The fourth-order valence-electron chi connectivity index (χ4n) is 3.05. The molecule has 1 aliphatic rings. The van der Waals surface area contributed by atoms with E-state index in [1.54, 1.807) is 0 Å². The lowest BCUT2D eigenvalue weighted by Gasteiger charge is -2.26. The van der Waals surface area contributed by atoms with Gasteiger partial charge in [-0.25, -0.2) is 18.2 Å². The first-order valence-corrected chi connectivity index (χ1v) is 12.2. The molecule has 1 fully saturated rings. The van der Waals surface area contributed by atoms with Crippen molar-refractivity contribution in [3.8, 4) is 0 Å². The van der Waals surface area contributed by atoms with Crippen LogP contribution in [-0.4, -0.2) is 62.5 Å². The maximum absolute atomic E-state index is 12.9. The van der Waals surface area contributed by atoms with Crippen molar-refractivity contribution in [2.45, 2.75) is 4.90 Å². The van der Waals surface area contributed by atoms with E-state index in [2.05, 4.69) is 10.3 Å². The van der Waals surface area contributed by atoms with Gasteiger partial charge in [0.2, 0.25) is 10.0 Å². The van der Waals surface area contributed by atoms with Crippen molar-refractivity contribution in [1.82, 2.24) is 9.29 Å². The number of hydrogen-bond acceptors (Lipinski definition) is 8. The molecule has 1 aromatic heterocycles. The molecule has 0 saturated carbocycles. The fourth-order valence-corrected chi connectivity index (χ4v) is 5.84. The van der Waals surface area contributed by atoms with Gasteiger partial charge in [0, 0.05) is 13.1 Å². The first-order valence-electron chi connectivity index (χ1n) is 9.54. The summed E-state index contributed by atoms with van der Waals surface area (Å²) < 4.78 is 38.2. The number of fused-ring (bicyclic) bond motifs is 1. The van der Waals surface area contributed by atoms with Gasteiger partial charge in [0.15, 0.2) is 11.7 Å². The summed E-state index contributed by atoms with van der Waals surface area (Å²) in [6, 6.07) is 11.2. The van der Waals surface area contributed by atoms with Crippen molar-refractivity contribution < 1.29 is 27.5 Å². The predicted molar refractivity (Wildman–Crippen MR) is 120 cm³/mol. The van der Waals surface area contributed by atoms with Gasteiger partial charge in [-0.3, -0.25) is 10.1 Å². The number of carbonyl (C=O) groups excluding carboxylic acids is 2. The van der Waals surface area contributed by atoms with Gasteiger partial charge in [0.1, 0.15) is 4.90 Å². The molecule has 0 radical (unpaired) electrons. The molecule has 1 amide bonds. The molecule has 4 rings (SSSR count). The minimum absolute atomic E-state index is 0.0124. The smallest absolute Gasteiger partial charge is 0.338 e.